The number of benzene rings is 2. The summed E-state index contributed by atoms with van der Waals surface area (Å²) in [7, 11) is 1.98. The monoisotopic (exact) mass is 292 g/mol. The van der Waals surface area contributed by atoms with Crippen molar-refractivity contribution >= 4 is 27.8 Å². The van der Waals surface area contributed by atoms with Gasteiger partial charge >= 0.3 is 0 Å². The third kappa shape index (κ3) is 2.76. The SMILES string of the molecule is Cn1c(=NN=Cc2ccc(C#N)cc2)sc2ccccc21. The van der Waals surface area contributed by atoms with E-state index in [9.17, 15) is 0 Å². The van der Waals surface area contributed by atoms with Crippen LogP contribution in [0.25, 0.3) is 10.2 Å². The van der Waals surface area contributed by atoms with Crippen LogP contribution in [0, 0.1) is 11.3 Å². The summed E-state index contributed by atoms with van der Waals surface area (Å²) in [4.78, 5) is 0.848. The van der Waals surface area contributed by atoms with E-state index in [2.05, 4.69) is 28.4 Å². The van der Waals surface area contributed by atoms with Crippen LogP contribution in [0.5, 0.6) is 0 Å². The van der Waals surface area contributed by atoms with Crippen LogP contribution < -0.4 is 4.80 Å². The molecule has 0 radical (unpaired) electrons. The van der Waals surface area contributed by atoms with Gasteiger partial charge < -0.3 is 4.57 Å². The highest BCUT2D eigenvalue weighted by Gasteiger charge is 2.00. The van der Waals surface area contributed by atoms with E-state index >= 15 is 0 Å². The van der Waals surface area contributed by atoms with Gasteiger partial charge in [-0.05, 0) is 29.8 Å². The molecule has 0 saturated heterocycles. The molecule has 0 fully saturated rings. The van der Waals surface area contributed by atoms with Crippen LogP contribution in [-0.4, -0.2) is 10.8 Å². The molecule has 0 saturated carbocycles. The number of nitriles is 1. The lowest BCUT2D eigenvalue weighted by Gasteiger charge is -1.93. The summed E-state index contributed by atoms with van der Waals surface area (Å²) in [5.74, 6) is 0. The van der Waals surface area contributed by atoms with Crippen LogP contribution in [0.4, 0.5) is 0 Å². The fraction of sp³-hybridized carbons (Fsp3) is 0.0625. The van der Waals surface area contributed by atoms with Crippen LogP contribution in [0.2, 0.25) is 0 Å². The van der Waals surface area contributed by atoms with Gasteiger partial charge in [-0.15, -0.1) is 5.10 Å². The highest BCUT2D eigenvalue weighted by molar-refractivity contribution is 7.16. The first-order chi connectivity index (χ1) is 10.3. The van der Waals surface area contributed by atoms with Crippen molar-refractivity contribution in [3.63, 3.8) is 0 Å². The molecule has 1 heterocycles. The molecule has 0 aliphatic rings. The highest BCUT2D eigenvalue weighted by Crippen LogP contribution is 2.15. The average Bonchev–Trinajstić information content (AvgIpc) is 2.85. The number of aromatic nitrogens is 1. The third-order valence-electron chi connectivity index (χ3n) is 3.10. The summed E-state index contributed by atoms with van der Waals surface area (Å²) in [5.41, 5.74) is 2.70. The molecule has 0 bridgehead atoms. The normalized spacial score (nSPS) is 12.1. The van der Waals surface area contributed by atoms with Crippen LogP contribution in [0.1, 0.15) is 11.1 Å². The van der Waals surface area contributed by atoms with Crippen molar-refractivity contribution in [2.75, 3.05) is 0 Å². The topological polar surface area (TPSA) is 53.4 Å². The Morgan fingerprint density at radius 2 is 1.90 bits per heavy atom. The van der Waals surface area contributed by atoms with Gasteiger partial charge in [0.05, 0.1) is 28.1 Å². The van der Waals surface area contributed by atoms with E-state index in [1.807, 2.05) is 35.9 Å². The van der Waals surface area contributed by atoms with Gasteiger partial charge in [-0.2, -0.15) is 10.4 Å². The molecular weight excluding hydrogens is 280 g/mol. The Morgan fingerprint density at radius 1 is 1.14 bits per heavy atom. The molecule has 0 unspecified atom stereocenters. The van der Waals surface area contributed by atoms with Crippen molar-refractivity contribution in [2.24, 2.45) is 17.3 Å². The maximum absolute atomic E-state index is 8.75. The van der Waals surface area contributed by atoms with Crippen molar-refractivity contribution in [2.45, 2.75) is 0 Å². The molecule has 0 atom stereocenters. The Bertz CT molecular complexity index is 908. The van der Waals surface area contributed by atoms with Gasteiger partial charge in [0, 0.05) is 7.05 Å². The van der Waals surface area contributed by atoms with Gasteiger partial charge in [-0.3, -0.25) is 0 Å². The molecule has 3 rings (SSSR count). The fourth-order valence-corrected chi connectivity index (χ4v) is 2.94. The summed E-state index contributed by atoms with van der Waals surface area (Å²) in [6, 6.07) is 17.5. The van der Waals surface area contributed by atoms with E-state index < -0.39 is 0 Å². The average molecular weight is 292 g/mol. The van der Waals surface area contributed by atoms with E-state index in [-0.39, 0.29) is 0 Å². The molecule has 1 aromatic heterocycles. The summed E-state index contributed by atoms with van der Waals surface area (Å²) < 4.78 is 3.21. The lowest BCUT2D eigenvalue weighted by atomic mass is 10.2. The van der Waals surface area contributed by atoms with E-state index in [1.165, 1.54) is 4.70 Å². The molecule has 21 heavy (non-hydrogen) atoms. The first-order valence-electron chi connectivity index (χ1n) is 6.40. The van der Waals surface area contributed by atoms with Crippen molar-refractivity contribution < 1.29 is 0 Å². The molecule has 2 aromatic carbocycles. The van der Waals surface area contributed by atoms with Crippen LogP contribution >= 0.6 is 11.3 Å². The van der Waals surface area contributed by atoms with Crippen molar-refractivity contribution in [3.8, 4) is 6.07 Å². The number of rotatable bonds is 2. The second-order valence-electron chi connectivity index (χ2n) is 4.49. The first-order valence-corrected chi connectivity index (χ1v) is 7.21. The van der Waals surface area contributed by atoms with Crippen LogP contribution in [0.15, 0.2) is 58.7 Å². The van der Waals surface area contributed by atoms with Crippen LogP contribution in [-0.2, 0) is 7.05 Å². The smallest absolute Gasteiger partial charge is 0.211 e. The third-order valence-corrected chi connectivity index (χ3v) is 4.21. The molecule has 0 amide bonds. The van der Waals surface area contributed by atoms with Gasteiger partial charge in [0.25, 0.3) is 0 Å². The molecule has 3 aromatic rings. The minimum absolute atomic E-state index is 0.639. The number of para-hydroxylation sites is 1. The molecule has 102 valence electrons. The van der Waals surface area contributed by atoms with E-state index in [0.717, 1.165) is 15.9 Å². The predicted octanol–water partition coefficient (Wildman–Crippen LogP) is 3.05. The first kappa shape index (κ1) is 13.3. The molecule has 0 aliphatic carbocycles. The van der Waals surface area contributed by atoms with Gasteiger partial charge in [0.1, 0.15) is 0 Å². The molecule has 0 N–H and O–H groups in total. The zero-order valence-corrected chi connectivity index (χ0v) is 12.2. The van der Waals surface area contributed by atoms with Crippen molar-refractivity contribution in [3.05, 3.63) is 64.5 Å². The van der Waals surface area contributed by atoms with Crippen LogP contribution in [0.3, 0.4) is 0 Å². The number of hydrogen-bond donors (Lipinski definition) is 0. The summed E-state index contributed by atoms with van der Waals surface area (Å²) >= 11 is 1.60. The fourth-order valence-electron chi connectivity index (χ4n) is 1.97. The zero-order chi connectivity index (χ0) is 14.7. The molecular formula is C16H12N4S. The minimum atomic E-state index is 0.639. The minimum Gasteiger partial charge on any atom is -0.318 e. The maximum atomic E-state index is 8.75. The van der Waals surface area contributed by atoms with E-state index in [4.69, 9.17) is 5.26 Å². The summed E-state index contributed by atoms with van der Waals surface area (Å²) in [6.45, 7) is 0. The largest absolute Gasteiger partial charge is 0.318 e. The Kier molecular flexibility index (Phi) is 3.63. The summed E-state index contributed by atoms with van der Waals surface area (Å²) in [6.07, 6.45) is 1.69. The Hall–Kier alpha value is -2.71. The number of aryl methyl sites for hydroxylation is 1. The Labute approximate surface area is 125 Å². The lowest BCUT2D eigenvalue weighted by molar-refractivity contribution is 0.889. The van der Waals surface area contributed by atoms with E-state index in [1.54, 1.807) is 29.7 Å². The molecule has 4 nitrogen and oxygen atoms in total. The maximum Gasteiger partial charge on any atom is 0.211 e. The molecule has 5 heteroatoms. The Morgan fingerprint density at radius 3 is 2.62 bits per heavy atom. The second kappa shape index (κ2) is 5.73. The Balaban J connectivity index is 1.91. The quantitative estimate of drug-likeness (QED) is 0.529. The number of nitrogens with zero attached hydrogens (tertiary/aromatic N) is 4. The second-order valence-corrected chi connectivity index (χ2v) is 5.50. The summed E-state index contributed by atoms with van der Waals surface area (Å²) in [5, 5.41) is 17.1. The zero-order valence-electron chi connectivity index (χ0n) is 11.4. The van der Waals surface area contributed by atoms with Gasteiger partial charge in [0.2, 0.25) is 4.80 Å². The standard InChI is InChI=1S/C16H12N4S/c1-20-14-4-2-3-5-15(14)21-16(20)19-18-11-13-8-6-12(10-17)7-9-13/h2-9,11H,1H3. The van der Waals surface area contributed by atoms with E-state index in [0.29, 0.717) is 5.56 Å². The predicted molar refractivity (Wildman–Crippen MR) is 85.1 cm³/mol. The number of thiazole rings is 1. The highest BCUT2D eigenvalue weighted by atomic mass is 32.1. The van der Waals surface area contributed by atoms with Crippen molar-refractivity contribution in [1.29, 1.82) is 5.26 Å². The molecule has 0 aliphatic heterocycles. The van der Waals surface area contributed by atoms with Gasteiger partial charge in [0.15, 0.2) is 0 Å². The van der Waals surface area contributed by atoms with Gasteiger partial charge in [-0.25, -0.2) is 0 Å². The number of hydrogen-bond acceptors (Lipinski definition) is 4. The van der Waals surface area contributed by atoms with Crippen molar-refractivity contribution in [1.82, 2.24) is 4.57 Å². The molecule has 0 spiro atoms. The number of fused-ring (bicyclic) bond motifs is 1. The lowest BCUT2D eigenvalue weighted by Crippen LogP contribution is -2.08. The van der Waals surface area contributed by atoms with Gasteiger partial charge in [-0.1, -0.05) is 35.6 Å².